The summed E-state index contributed by atoms with van der Waals surface area (Å²) in [6.07, 6.45) is 3.41. The summed E-state index contributed by atoms with van der Waals surface area (Å²) in [6.45, 7) is 7.28. The third-order valence-corrected chi connectivity index (χ3v) is 5.22. The minimum atomic E-state index is 0.00678. The highest BCUT2D eigenvalue weighted by molar-refractivity contribution is 5.87. The van der Waals surface area contributed by atoms with Gasteiger partial charge in [0.2, 0.25) is 5.91 Å². The zero-order valence-electron chi connectivity index (χ0n) is 16.0. The minimum Gasteiger partial charge on any atom is -0.497 e. The van der Waals surface area contributed by atoms with Crippen molar-refractivity contribution in [2.24, 2.45) is 0 Å². The fourth-order valence-electron chi connectivity index (χ4n) is 3.66. The SMILES string of the molecule is C=CC(=O)N(Cc1ccc(OC)cc1)C1CCN(Cc2ccccc2)CC1. The molecule has 0 aliphatic carbocycles. The molecule has 0 aromatic heterocycles. The highest BCUT2D eigenvalue weighted by atomic mass is 16.5. The van der Waals surface area contributed by atoms with Gasteiger partial charge in [0.1, 0.15) is 5.75 Å². The highest BCUT2D eigenvalue weighted by Crippen LogP contribution is 2.22. The van der Waals surface area contributed by atoms with Crippen LogP contribution in [0.5, 0.6) is 5.75 Å². The Morgan fingerprint density at radius 2 is 1.78 bits per heavy atom. The molecule has 142 valence electrons. The molecule has 1 heterocycles. The molecule has 4 heteroatoms. The van der Waals surface area contributed by atoms with E-state index in [1.165, 1.54) is 11.6 Å². The van der Waals surface area contributed by atoms with Crippen LogP contribution in [0.3, 0.4) is 0 Å². The van der Waals surface area contributed by atoms with Crippen LogP contribution in [0.25, 0.3) is 0 Å². The van der Waals surface area contributed by atoms with Gasteiger partial charge in [-0.1, -0.05) is 49.0 Å². The summed E-state index contributed by atoms with van der Waals surface area (Å²) in [6, 6.07) is 18.7. The van der Waals surface area contributed by atoms with Gasteiger partial charge >= 0.3 is 0 Å². The lowest BCUT2D eigenvalue weighted by atomic mass is 10.0. The van der Waals surface area contributed by atoms with Crippen molar-refractivity contribution in [3.8, 4) is 5.75 Å². The van der Waals surface area contributed by atoms with Gasteiger partial charge in [-0.05, 0) is 42.2 Å². The number of rotatable bonds is 7. The second kappa shape index (κ2) is 9.38. The first kappa shape index (κ1) is 19.2. The first-order chi connectivity index (χ1) is 13.2. The number of amides is 1. The van der Waals surface area contributed by atoms with Crippen LogP contribution in [0.4, 0.5) is 0 Å². The molecule has 27 heavy (non-hydrogen) atoms. The molecule has 4 nitrogen and oxygen atoms in total. The van der Waals surface area contributed by atoms with E-state index >= 15 is 0 Å². The van der Waals surface area contributed by atoms with E-state index in [1.807, 2.05) is 35.2 Å². The summed E-state index contributed by atoms with van der Waals surface area (Å²) in [5, 5.41) is 0. The van der Waals surface area contributed by atoms with Gasteiger partial charge < -0.3 is 9.64 Å². The molecule has 2 aromatic carbocycles. The molecule has 3 rings (SSSR count). The number of methoxy groups -OCH3 is 1. The minimum absolute atomic E-state index is 0.00678. The van der Waals surface area contributed by atoms with E-state index in [2.05, 4.69) is 35.7 Å². The van der Waals surface area contributed by atoms with Crippen LogP contribution >= 0.6 is 0 Å². The number of benzene rings is 2. The average molecular weight is 364 g/mol. The van der Waals surface area contributed by atoms with Gasteiger partial charge in [0.05, 0.1) is 7.11 Å². The molecule has 0 atom stereocenters. The average Bonchev–Trinajstić information content (AvgIpc) is 2.73. The molecular weight excluding hydrogens is 336 g/mol. The highest BCUT2D eigenvalue weighted by Gasteiger charge is 2.27. The van der Waals surface area contributed by atoms with E-state index in [-0.39, 0.29) is 11.9 Å². The van der Waals surface area contributed by atoms with Crippen molar-refractivity contribution < 1.29 is 9.53 Å². The molecule has 1 fully saturated rings. The van der Waals surface area contributed by atoms with Crippen molar-refractivity contribution in [1.29, 1.82) is 0 Å². The largest absolute Gasteiger partial charge is 0.497 e. The van der Waals surface area contributed by atoms with E-state index in [4.69, 9.17) is 4.74 Å². The zero-order valence-corrected chi connectivity index (χ0v) is 16.0. The quantitative estimate of drug-likeness (QED) is 0.699. The molecule has 1 aliphatic heterocycles. The van der Waals surface area contributed by atoms with Crippen LogP contribution in [0.1, 0.15) is 24.0 Å². The van der Waals surface area contributed by atoms with Gasteiger partial charge in [0.15, 0.2) is 0 Å². The monoisotopic (exact) mass is 364 g/mol. The Labute approximate surface area is 162 Å². The van der Waals surface area contributed by atoms with Crippen molar-refractivity contribution in [2.75, 3.05) is 20.2 Å². The maximum absolute atomic E-state index is 12.5. The maximum atomic E-state index is 12.5. The first-order valence-corrected chi connectivity index (χ1v) is 9.52. The Morgan fingerprint density at radius 1 is 1.11 bits per heavy atom. The van der Waals surface area contributed by atoms with Crippen LogP contribution in [0, 0.1) is 0 Å². The smallest absolute Gasteiger partial charge is 0.246 e. The number of piperidine rings is 1. The van der Waals surface area contributed by atoms with Crippen molar-refractivity contribution in [1.82, 2.24) is 9.80 Å². The lowest BCUT2D eigenvalue weighted by Gasteiger charge is -2.38. The van der Waals surface area contributed by atoms with E-state index in [1.54, 1.807) is 7.11 Å². The Balaban J connectivity index is 1.60. The molecule has 0 N–H and O–H groups in total. The summed E-state index contributed by atoms with van der Waals surface area (Å²) in [4.78, 5) is 16.9. The van der Waals surface area contributed by atoms with Crippen LogP contribution in [0.15, 0.2) is 67.3 Å². The van der Waals surface area contributed by atoms with E-state index < -0.39 is 0 Å². The third-order valence-electron chi connectivity index (χ3n) is 5.22. The molecule has 2 aromatic rings. The van der Waals surface area contributed by atoms with Gasteiger partial charge in [-0.3, -0.25) is 9.69 Å². The number of nitrogens with zero attached hydrogens (tertiary/aromatic N) is 2. The number of hydrogen-bond acceptors (Lipinski definition) is 3. The predicted molar refractivity (Wildman–Crippen MR) is 108 cm³/mol. The molecule has 1 aliphatic rings. The van der Waals surface area contributed by atoms with Gasteiger partial charge in [-0.25, -0.2) is 0 Å². The van der Waals surface area contributed by atoms with E-state index in [0.717, 1.165) is 43.8 Å². The standard InChI is InChI=1S/C23H28N2O2/c1-3-23(26)25(18-20-9-11-22(27-2)12-10-20)21-13-15-24(16-14-21)17-19-7-5-4-6-8-19/h3-12,21H,1,13-18H2,2H3. The van der Waals surface area contributed by atoms with Gasteiger partial charge in [-0.2, -0.15) is 0 Å². The third kappa shape index (κ3) is 5.20. The Kier molecular flexibility index (Phi) is 6.66. The second-order valence-corrected chi connectivity index (χ2v) is 7.01. The number of carbonyl (C=O) groups is 1. The molecular formula is C23H28N2O2. The summed E-state index contributed by atoms with van der Waals surface area (Å²) in [5.41, 5.74) is 2.45. The summed E-state index contributed by atoms with van der Waals surface area (Å²) < 4.78 is 5.22. The maximum Gasteiger partial charge on any atom is 0.246 e. The zero-order chi connectivity index (χ0) is 19.1. The van der Waals surface area contributed by atoms with Crippen LogP contribution in [0.2, 0.25) is 0 Å². The Hall–Kier alpha value is -2.59. The number of hydrogen-bond donors (Lipinski definition) is 0. The molecule has 0 radical (unpaired) electrons. The fraction of sp³-hybridized carbons (Fsp3) is 0.348. The van der Waals surface area contributed by atoms with Crippen LogP contribution in [-0.4, -0.2) is 41.9 Å². The van der Waals surface area contributed by atoms with Crippen molar-refractivity contribution >= 4 is 5.91 Å². The topological polar surface area (TPSA) is 32.8 Å². The second-order valence-electron chi connectivity index (χ2n) is 7.01. The predicted octanol–water partition coefficient (Wildman–Crippen LogP) is 3.87. The van der Waals surface area contributed by atoms with Crippen LogP contribution < -0.4 is 4.74 Å². The Morgan fingerprint density at radius 3 is 2.37 bits per heavy atom. The summed E-state index contributed by atoms with van der Waals surface area (Å²) >= 11 is 0. The van der Waals surface area contributed by atoms with E-state index in [9.17, 15) is 4.79 Å². The van der Waals surface area contributed by atoms with Crippen LogP contribution in [-0.2, 0) is 17.9 Å². The molecule has 0 saturated carbocycles. The summed E-state index contributed by atoms with van der Waals surface area (Å²) in [5.74, 6) is 0.835. The Bertz CT molecular complexity index is 735. The lowest BCUT2D eigenvalue weighted by Crippen LogP contribution is -2.46. The molecule has 0 unspecified atom stereocenters. The van der Waals surface area contributed by atoms with E-state index in [0.29, 0.717) is 6.54 Å². The van der Waals surface area contributed by atoms with Gasteiger partial charge in [-0.15, -0.1) is 0 Å². The lowest BCUT2D eigenvalue weighted by molar-refractivity contribution is -0.130. The normalized spacial score (nSPS) is 15.3. The molecule has 1 saturated heterocycles. The van der Waals surface area contributed by atoms with Crippen molar-refractivity contribution in [3.05, 3.63) is 78.4 Å². The summed E-state index contributed by atoms with van der Waals surface area (Å²) in [7, 11) is 1.66. The molecule has 1 amide bonds. The van der Waals surface area contributed by atoms with Crippen molar-refractivity contribution in [3.63, 3.8) is 0 Å². The molecule has 0 bridgehead atoms. The van der Waals surface area contributed by atoms with Gasteiger partial charge in [0.25, 0.3) is 0 Å². The number of likely N-dealkylation sites (tertiary alicyclic amines) is 1. The molecule has 0 spiro atoms. The van der Waals surface area contributed by atoms with Gasteiger partial charge in [0, 0.05) is 32.2 Å². The first-order valence-electron chi connectivity index (χ1n) is 9.52. The fourth-order valence-corrected chi connectivity index (χ4v) is 3.66. The number of ether oxygens (including phenoxy) is 1. The number of carbonyl (C=O) groups excluding carboxylic acids is 1. The van der Waals surface area contributed by atoms with Crippen molar-refractivity contribution in [2.45, 2.75) is 32.0 Å².